The Hall–Kier alpha value is -2.20. The standard InChI is InChI=1S/C19H21NO2Si/c1-13(14-9-11-15(12-10-14)23(2,3)4)20-18(21)16-7-5-6-8-17(16)19(20)22/h5-13H,1-4H3. The van der Waals surface area contributed by atoms with Gasteiger partial charge < -0.3 is 0 Å². The molecule has 3 rings (SSSR count). The van der Waals surface area contributed by atoms with Crippen LogP contribution in [0, 0.1) is 0 Å². The van der Waals surface area contributed by atoms with E-state index in [9.17, 15) is 9.59 Å². The van der Waals surface area contributed by atoms with Crippen molar-refractivity contribution in [3.63, 3.8) is 0 Å². The van der Waals surface area contributed by atoms with Crippen LogP contribution in [0.4, 0.5) is 0 Å². The highest BCUT2D eigenvalue weighted by atomic mass is 28.3. The third-order valence-corrected chi connectivity index (χ3v) is 6.54. The largest absolute Gasteiger partial charge is 0.269 e. The van der Waals surface area contributed by atoms with Gasteiger partial charge in [0, 0.05) is 0 Å². The second kappa shape index (κ2) is 5.46. The monoisotopic (exact) mass is 323 g/mol. The van der Waals surface area contributed by atoms with Gasteiger partial charge in [-0.25, -0.2) is 0 Å². The molecule has 0 radical (unpaired) electrons. The molecule has 1 aliphatic heterocycles. The van der Waals surface area contributed by atoms with Crippen molar-refractivity contribution in [2.75, 3.05) is 0 Å². The Labute approximate surface area is 138 Å². The zero-order valence-electron chi connectivity index (χ0n) is 14.0. The molecule has 1 atom stereocenters. The van der Waals surface area contributed by atoms with Crippen molar-refractivity contribution in [1.29, 1.82) is 0 Å². The number of carbonyl (C=O) groups excluding carboxylic acids is 2. The molecule has 0 fully saturated rings. The second-order valence-corrected chi connectivity index (χ2v) is 12.2. The first-order valence-electron chi connectivity index (χ1n) is 7.88. The van der Waals surface area contributed by atoms with Crippen molar-refractivity contribution in [3.8, 4) is 0 Å². The van der Waals surface area contributed by atoms with Gasteiger partial charge in [0.2, 0.25) is 0 Å². The van der Waals surface area contributed by atoms with Crippen LogP contribution in [-0.2, 0) is 0 Å². The zero-order valence-corrected chi connectivity index (χ0v) is 15.0. The molecule has 0 aromatic heterocycles. The van der Waals surface area contributed by atoms with Gasteiger partial charge in [0.25, 0.3) is 11.8 Å². The van der Waals surface area contributed by atoms with Crippen LogP contribution >= 0.6 is 0 Å². The van der Waals surface area contributed by atoms with Crippen molar-refractivity contribution in [2.45, 2.75) is 32.6 Å². The van der Waals surface area contributed by atoms with Crippen LogP contribution in [-0.4, -0.2) is 24.8 Å². The van der Waals surface area contributed by atoms with E-state index in [4.69, 9.17) is 0 Å². The Morgan fingerprint density at radius 1 is 0.826 bits per heavy atom. The molecule has 0 bridgehead atoms. The molecule has 23 heavy (non-hydrogen) atoms. The summed E-state index contributed by atoms with van der Waals surface area (Å²) in [5.74, 6) is -0.403. The molecule has 1 aliphatic rings. The molecule has 0 aliphatic carbocycles. The smallest absolute Gasteiger partial charge is 0.262 e. The van der Waals surface area contributed by atoms with E-state index >= 15 is 0 Å². The summed E-state index contributed by atoms with van der Waals surface area (Å²) in [5.41, 5.74) is 1.99. The zero-order chi connectivity index (χ0) is 16.8. The molecule has 118 valence electrons. The number of hydrogen-bond donors (Lipinski definition) is 0. The highest BCUT2D eigenvalue weighted by Gasteiger charge is 2.38. The van der Waals surface area contributed by atoms with E-state index in [2.05, 4.69) is 31.8 Å². The summed E-state index contributed by atoms with van der Waals surface area (Å²) < 4.78 is 0. The summed E-state index contributed by atoms with van der Waals surface area (Å²) in [4.78, 5) is 26.5. The van der Waals surface area contributed by atoms with Crippen molar-refractivity contribution in [1.82, 2.24) is 4.90 Å². The Morgan fingerprint density at radius 3 is 1.74 bits per heavy atom. The summed E-state index contributed by atoms with van der Waals surface area (Å²) in [6, 6.07) is 15.1. The molecule has 0 N–H and O–H groups in total. The lowest BCUT2D eigenvalue weighted by molar-refractivity contribution is 0.0595. The lowest BCUT2D eigenvalue weighted by atomic mass is 10.1. The fourth-order valence-corrected chi connectivity index (χ4v) is 4.14. The Balaban J connectivity index is 1.91. The predicted molar refractivity (Wildman–Crippen MR) is 94.8 cm³/mol. The maximum absolute atomic E-state index is 12.6. The van der Waals surface area contributed by atoms with Crippen LogP contribution < -0.4 is 5.19 Å². The van der Waals surface area contributed by atoms with Crippen molar-refractivity contribution in [3.05, 3.63) is 65.2 Å². The van der Waals surface area contributed by atoms with Gasteiger partial charge in [-0.2, -0.15) is 0 Å². The minimum atomic E-state index is -1.35. The fourth-order valence-electron chi connectivity index (χ4n) is 2.97. The molecule has 1 unspecified atom stereocenters. The topological polar surface area (TPSA) is 37.4 Å². The number of imide groups is 1. The van der Waals surface area contributed by atoms with Crippen molar-refractivity contribution in [2.24, 2.45) is 0 Å². The van der Waals surface area contributed by atoms with Gasteiger partial charge in [0.15, 0.2) is 0 Å². The van der Waals surface area contributed by atoms with Gasteiger partial charge in [0.05, 0.1) is 25.2 Å². The number of carbonyl (C=O) groups is 2. The predicted octanol–water partition coefficient (Wildman–Crippen LogP) is 3.59. The van der Waals surface area contributed by atoms with E-state index in [1.807, 2.05) is 19.1 Å². The van der Waals surface area contributed by atoms with E-state index < -0.39 is 8.07 Å². The third kappa shape index (κ3) is 2.63. The average Bonchev–Trinajstić information content (AvgIpc) is 2.78. The van der Waals surface area contributed by atoms with Crippen LogP contribution in [0.25, 0.3) is 0 Å². The normalized spacial score (nSPS) is 15.7. The Morgan fingerprint density at radius 2 is 1.30 bits per heavy atom. The molecule has 2 aromatic carbocycles. The number of rotatable bonds is 3. The van der Waals surface area contributed by atoms with Crippen LogP contribution in [0.2, 0.25) is 19.6 Å². The summed E-state index contributed by atoms with van der Waals surface area (Å²) in [6.45, 7) is 8.81. The summed E-state index contributed by atoms with van der Waals surface area (Å²) in [6.07, 6.45) is 0. The average molecular weight is 323 g/mol. The summed E-state index contributed by atoms with van der Waals surface area (Å²) in [5, 5.41) is 1.37. The lowest BCUT2D eigenvalue weighted by Gasteiger charge is -2.24. The van der Waals surface area contributed by atoms with Crippen molar-refractivity contribution < 1.29 is 9.59 Å². The first-order chi connectivity index (χ1) is 10.8. The highest BCUT2D eigenvalue weighted by molar-refractivity contribution is 6.88. The van der Waals surface area contributed by atoms with E-state index in [-0.39, 0.29) is 17.9 Å². The SMILES string of the molecule is CC(c1ccc([Si](C)(C)C)cc1)N1C(=O)c2ccccc2C1=O. The van der Waals surface area contributed by atoms with E-state index in [0.29, 0.717) is 11.1 Å². The number of hydrogen-bond acceptors (Lipinski definition) is 2. The summed E-state index contributed by atoms with van der Waals surface area (Å²) >= 11 is 0. The molecule has 0 saturated heterocycles. The number of amides is 2. The number of benzene rings is 2. The molecule has 1 heterocycles. The Kier molecular flexibility index (Phi) is 3.72. The molecule has 0 spiro atoms. The van der Waals surface area contributed by atoms with Crippen LogP contribution in [0.3, 0.4) is 0 Å². The molecule has 0 saturated carbocycles. The molecular weight excluding hydrogens is 302 g/mol. The first-order valence-corrected chi connectivity index (χ1v) is 11.4. The highest BCUT2D eigenvalue weighted by Crippen LogP contribution is 2.30. The number of nitrogens with zero attached hydrogens (tertiary/aromatic N) is 1. The van der Waals surface area contributed by atoms with Crippen LogP contribution in [0.5, 0.6) is 0 Å². The molecular formula is C19H21NO2Si. The van der Waals surface area contributed by atoms with Gasteiger partial charge in [-0.15, -0.1) is 0 Å². The third-order valence-electron chi connectivity index (χ3n) is 4.47. The van der Waals surface area contributed by atoms with Gasteiger partial charge in [-0.3, -0.25) is 14.5 Å². The van der Waals surface area contributed by atoms with E-state index in [1.165, 1.54) is 10.1 Å². The maximum Gasteiger partial charge on any atom is 0.262 e. The minimum absolute atomic E-state index is 0.202. The Bertz CT molecular complexity index is 740. The fraction of sp³-hybridized carbons (Fsp3) is 0.263. The van der Waals surface area contributed by atoms with Gasteiger partial charge in [0.1, 0.15) is 0 Å². The molecule has 2 aromatic rings. The quantitative estimate of drug-likeness (QED) is 0.639. The second-order valence-electron chi connectivity index (χ2n) is 7.07. The molecule has 2 amide bonds. The van der Waals surface area contributed by atoms with Crippen LogP contribution in [0.1, 0.15) is 39.2 Å². The van der Waals surface area contributed by atoms with Crippen LogP contribution in [0.15, 0.2) is 48.5 Å². The van der Waals surface area contributed by atoms with Gasteiger partial charge >= 0.3 is 0 Å². The molecule has 3 nitrogen and oxygen atoms in total. The van der Waals surface area contributed by atoms with Crippen molar-refractivity contribution >= 4 is 25.1 Å². The maximum atomic E-state index is 12.6. The first kappa shape index (κ1) is 15.7. The minimum Gasteiger partial charge on any atom is -0.269 e. The van der Waals surface area contributed by atoms with E-state index in [0.717, 1.165) is 5.56 Å². The summed E-state index contributed by atoms with van der Waals surface area (Å²) in [7, 11) is -1.35. The van der Waals surface area contributed by atoms with Gasteiger partial charge in [-0.1, -0.05) is 61.2 Å². The van der Waals surface area contributed by atoms with E-state index in [1.54, 1.807) is 24.3 Å². The van der Waals surface area contributed by atoms with Gasteiger partial charge in [-0.05, 0) is 24.6 Å². The molecule has 4 heteroatoms. The number of fused-ring (bicyclic) bond motifs is 1. The lowest BCUT2D eigenvalue weighted by Crippen LogP contribution is -2.37.